The lowest BCUT2D eigenvalue weighted by atomic mass is 10.4. The van der Waals surface area contributed by atoms with E-state index in [0.29, 0.717) is 0 Å². The average Bonchev–Trinajstić information content (AvgIpc) is 2.21. The smallest absolute Gasteiger partial charge is 0.198 e. The molecule has 0 atom stereocenters. The number of nitrogens with zero attached hydrogens (tertiary/aromatic N) is 2. The molecule has 0 aromatic heterocycles. The Morgan fingerprint density at radius 2 is 2.17 bits per heavy atom. The van der Waals surface area contributed by atoms with Crippen molar-refractivity contribution < 1.29 is 0 Å². The van der Waals surface area contributed by atoms with E-state index in [0.717, 1.165) is 38.7 Å². The van der Waals surface area contributed by atoms with Gasteiger partial charge in [-0.25, -0.2) is 4.99 Å². The van der Waals surface area contributed by atoms with Gasteiger partial charge in [-0.05, 0) is 6.08 Å². The highest BCUT2D eigenvalue weighted by molar-refractivity contribution is 5.81. The first-order valence-electron chi connectivity index (χ1n) is 4.38. The Labute approximate surface area is 72.3 Å². The summed E-state index contributed by atoms with van der Waals surface area (Å²) in [6, 6.07) is 0. The fourth-order valence-electron chi connectivity index (χ4n) is 1.44. The maximum atomic E-state index is 4.37. The molecule has 0 spiro atoms. The molecular formula is C8H14N4. The molecule has 0 unspecified atom stereocenters. The van der Waals surface area contributed by atoms with Crippen LogP contribution in [0.2, 0.25) is 0 Å². The number of aliphatic imine (C=N–C) groups is 1. The SMILES string of the molecule is C1=CNC(N2CCNCC2)=NC1. The van der Waals surface area contributed by atoms with Crippen LogP contribution >= 0.6 is 0 Å². The fraction of sp³-hybridized carbons (Fsp3) is 0.625. The summed E-state index contributed by atoms with van der Waals surface area (Å²) in [5, 5.41) is 6.47. The Balaban J connectivity index is 1.93. The van der Waals surface area contributed by atoms with Gasteiger partial charge in [0.1, 0.15) is 0 Å². The molecule has 0 radical (unpaired) electrons. The molecule has 0 aromatic rings. The van der Waals surface area contributed by atoms with E-state index in [1.807, 2.05) is 12.3 Å². The molecule has 2 aliphatic rings. The van der Waals surface area contributed by atoms with Crippen LogP contribution in [0.4, 0.5) is 0 Å². The van der Waals surface area contributed by atoms with Crippen LogP contribution in [-0.2, 0) is 0 Å². The first-order chi connectivity index (χ1) is 5.97. The van der Waals surface area contributed by atoms with Gasteiger partial charge in [0.25, 0.3) is 0 Å². The van der Waals surface area contributed by atoms with E-state index in [-0.39, 0.29) is 0 Å². The van der Waals surface area contributed by atoms with E-state index >= 15 is 0 Å². The maximum Gasteiger partial charge on any atom is 0.198 e. The van der Waals surface area contributed by atoms with Crippen LogP contribution in [-0.4, -0.2) is 43.6 Å². The van der Waals surface area contributed by atoms with Gasteiger partial charge < -0.3 is 15.5 Å². The standard InChI is InChI=1S/C8H14N4/c1-2-10-8(11-3-1)12-6-4-9-5-7-12/h1-2,9H,3-7H2,(H,10,11). The van der Waals surface area contributed by atoms with Crippen LogP contribution in [0.15, 0.2) is 17.3 Å². The zero-order valence-electron chi connectivity index (χ0n) is 7.08. The van der Waals surface area contributed by atoms with Gasteiger partial charge in [-0.2, -0.15) is 0 Å². The summed E-state index contributed by atoms with van der Waals surface area (Å²) in [7, 11) is 0. The molecule has 1 fully saturated rings. The van der Waals surface area contributed by atoms with Gasteiger partial charge in [0.2, 0.25) is 0 Å². The number of guanidine groups is 1. The summed E-state index contributed by atoms with van der Waals surface area (Å²) >= 11 is 0. The Kier molecular flexibility index (Phi) is 2.27. The molecular weight excluding hydrogens is 152 g/mol. The molecule has 0 bridgehead atoms. The Hall–Kier alpha value is -1.03. The molecule has 0 saturated carbocycles. The molecule has 0 aromatic carbocycles. The summed E-state index contributed by atoms with van der Waals surface area (Å²) in [5.74, 6) is 1.03. The van der Waals surface area contributed by atoms with E-state index in [9.17, 15) is 0 Å². The number of hydrogen-bond acceptors (Lipinski definition) is 4. The number of rotatable bonds is 0. The normalized spacial score (nSPS) is 23.3. The van der Waals surface area contributed by atoms with Crippen molar-refractivity contribution in [3.05, 3.63) is 12.3 Å². The minimum Gasteiger partial charge on any atom is -0.340 e. The summed E-state index contributed by atoms with van der Waals surface area (Å²) in [6.45, 7) is 5.04. The molecule has 0 amide bonds. The van der Waals surface area contributed by atoms with Crippen molar-refractivity contribution >= 4 is 5.96 Å². The molecule has 4 nitrogen and oxygen atoms in total. The van der Waals surface area contributed by atoms with Gasteiger partial charge >= 0.3 is 0 Å². The molecule has 2 aliphatic heterocycles. The van der Waals surface area contributed by atoms with Crippen molar-refractivity contribution in [3.8, 4) is 0 Å². The second-order valence-electron chi connectivity index (χ2n) is 2.95. The molecule has 2 rings (SSSR count). The number of hydrogen-bond donors (Lipinski definition) is 2. The van der Waals surface area contributed by atoms with Crippen molar-refractivity contribution in [3.63, 3.8) is 0 Å². The van der Waals surface area contributed by atoms with Crippen molar-refractivity contribution in [1.29, 1.82) is 0 Å². The zero-order chi connectivity index (χ0) is 8.23. The van der Waals surface area contributed by atoms with Crippen LogP contribution in [0.25, 0.3) is 0 Å². The molecule has 1 saturated heterocycles. The Bertz CT molecular complexity index is 203. The second kappa shape index (κ2) is 3.58. The van der Waals surface area contributed by atoms with Gasteiger partial charge in [0, 0.05) is 32.4 Å². The first kappa shape index (κ1) is 7.61. The summed E-state index contributed by atoms with van der Waals surface area (Å²) in [4.78, 5) is 6.65. The zero-order valence-corrected chi connectivity index (χ0v) is 7.08. The summed E-state index contributed by atoms with van der Waals surface area (Å²) < 4.78 is 0. The highest BCUT2D eigenvalue weighted by Crippen LogP contribution is 1.96. The maximum absolute atomic E-state index is 4.37. The van der Waals surface area contributed by atoms with E-state index in [1.54, 1.807) is 0 Å². The average molecular weight is 166 g/mol. The quantitative estimate of drug-likeness (QED) is 0.503. The topological polar surface area (TPSA) is 39.7 Å². The van der Waals surface area contributed by atoms with Crippen molar-refractivity contribution in [2.45, 2.75) is 0 Å². The molecule has 4 heteroatoms. The molecule has 2 N–H and O–H groups in total. The van der Waals surface area contributed by atoms with Gasteiger partial charge in [-0.15, -0.1) is 0 Å². The largest absolute Gasteiger partial charge is 0.340 e. The summed E-state index contributed by atoms with van der Waals surface area (Å²) in [5.41, 5.74) is 0. The van der Waals surface area contributed by atoms with Crippen LogP contribution in [0.1, 0.15) is 0 Å². The minimum atomic E-state index is 0.812. The van der Waals surface area contributed by atoms with E-state index in [4.69, 9.17) is 0 Å². The van der Waals surface area contributed by atoms with E-state index in [2.05, 4.69) is 20.5 Å². The third-order valence-electron chi connectivity index (χ3n) is 2.09. The van der Waals surface area contributed by atoms with Crippen LogP contribution < -0.4 is 10.6 Å². The summed E-state index contributed by atoms with van der Waals surface area (Å²) in [6.07, 6.45) is 3.98. The Morgan fingerprint density at radius 3 is 2.83 bits per heavy atom. The molecule has 66 valence electrons. The van der Waals surface area contributed by atoms with Crippen molar-refractivity contribution in [2.75, 3.05) is 32.7 Å². The van der Waals surface area contributed by atoms with Gasteiger partial charge in [0.05, 0.1) is 6.54 Å². The molecule has 0 aliphatic carbocycles. The van der Waals surface area contributed by atoms with Crippen LogP contribution in [0.3, 0.4) is 0 Å². The lowest BCUT2D eigenvalue weighted by Gasteiger charge is -2.30. The number of nitrogens with one attached hydrogen (secondary N) is 2. The van der Waals surface area contributed by atoms with Crippen LogP contribution in [0, 0.1) is 0 Å². The van der Waals surface area contributed by atoms with Gasteiger partial charge in [-0.1, -0.05) is 0 Å². The van der Waals surface area contributed by atoms with Crippen molar-refractivity contribution in [2.24, 2.45) is 4.99 Å². The van der Waals surface area contributed by atoms with Crippen molar-refractivity contribution in [1.82, 2.24) is 15.5 Å². The van der Waals surface area contributed by atoms with Gasteiger partial charge in [-0.3, -0.25) is 0 Å². The van der Waals surface area contributed by atoms with E-state index < -0.39 is 0 Å². The lowest BCUT2D eigenvalue weighted by molar-refractivity contribution is 0.349. The predicted octanol–water partition coefficient (Wildman–Crippen LogP) is -0.635. The highest BCUT2D eigenvalue weighted by Gasteiger charge is 2.13. The second-order valence-corrected chi connectivity index (χ2v) is 2.95. The van der Waals surface area contributed by atoms with E-state index in [1.165, 1.54) is 0 Å². The Morgan fingerprint density at radius 1 is 1.33 bits per heavy atom. The fourth-order valence-corrected chi connectivity index (χ4v) is 1.44. The predicted molar refractivity (Wildman–Crippen MR) is 49.0 cm³/mol. The minimum absolute atomic E-state index is 0.812. The third kappa shape index (κ3) is 1.58. The molecule has 2 heterocycles. The monoisotopic (exact) mass is 166 g/mol. The highest BCUT2D eigenvalue weighted by atomic mass is 15.3. The lowest BCUT2D eigenvalue weighted by Crippen LogP contribution is -2.50. The third-order valence-corrected chi connectivity index (χ3v) is 2.09. The first-order valence-corrected chi connectivity index (χ1v) is 4.38. The molecule has 12 heavy (non-hydrogen) atoms. The number of piperazine rings is 1. The van der Waals surface area contributed by atoms with Crippen LogP contribution in [0.5, 0.6) is 0 Å². The van der Waals surface area contributed by atoms with Gasteiger partial charge in [0.15, 0.2) is 5.96 Å².